The van der Waals surface area contributed by atoms with Crippen LogP contribution >= 0.6 is 0 Å². The molecule has 1 aliphatic carbocycles. The average Bonchev–Trinajstić information content (AvgIpc) is 3.00. The van der Waals surface area contributed by atoms with Crippen LogP contribution in [0.5, 0.6) is 0 Å². The molecule has 10 heteroatoms. The number of aryl methyl sites for hydroxylation is 1. The second-order valence-corrected chi connectivity index (χ2v) is 13.6. The van der Waals surface area contributed by atoms with Gasteiger partial charge in [-0.05, 0) is 85.6 Å². The smallest absolute Gasteiger partial charge is 0.349 e. The monoisotopic (exact) mass is 613 g/mol. The number of rotatable bonds is 9. The van der Waals surface area contributed by atoms with Crippen molar-refractivity contribution >= 4 is 15.9 Å². The van der Waals surface area contributed by atoms with E-state index in [2.05, 4.69) is 28.4 Å². The first-order valence-corrected chi connectivity index (χ1v) is 16.3. The summed E-state index contributed by atoms with van der Waals surface area (Å²) in [7, 11) is -3.06. The summed E-state index contributed by atoms with van der Waals surface area (Å²) in [6.07, 6.45) is 1.54. The van der Waals surface area contributed by atoms with Gasteiger partial charge in [-0.2, -0.15) is 17.5 Å². The highest BCUT2D eigenvalue weighted by atomic mass is 32.2. The van der Waals surface area contributed by atoms with Crippen molar-refractivity contribution in [3.05, 3.63) is 101 Å². The van der Waals surface area contributed by atoms with Crippen molar-refractivity contribution < 1.29 is 26.4 Å². The number of alkyl halides is 3. The summed E-state index contributed by atoms with van der Waals surface area (Å²) < 4.78 is 68.2. The third-order valence-corrected chi connectivity index (χ3v) is 10.4. The van der Waals surface area contributed by atoms with Crippen LogP contribution in [0, 0.1) is 0 Å². The van der Waals surface area contributed by atoms with Gasteiger partial charge >= 0.3 is 6.18 Å². The number of hydrogen-bond donors (Lipinski definition) is 1. The first-order chi connectivity index (χ1) is 20.5. The lowest BCUT2D eigenvalue weighted by atomic mass is 9.86. The standard InChI is InChI=1S/C33H38F3N3O3S/c1-38(43(41,42)28-14-9-13-27(21-28)33(34,35)36)31(25-10-4-2-5-11-25)22-32(40)37-30-15-8-12-26-20-24(16-17-29(26)30)23-39-18-6-3-7-19-39/h2,4-5,9-11,13-14,16-17,20-21,30-31H,3,6-8,12,15,18-19,22-23H2,1H3,(H,37,40). The summed E-state index contributed by atoms with van der Waals surface area (Å²) in [6.45, 7) is 3.17. The number of carbonyl (C=O) groups excluding carboxylic acids is 1. The molecule has 3 aromatic rings. The fraction of sp³-hybridized carbons (Fsp3) is 0.424. The Morgan fingerprint density at radius 3 is 2.44 bits per heavy atom. The van der Waals surface area contributed by atoms with E-state index in [1.54, 1.807) is 30.3 Å². The highest BCUT2D eigenvalue weighted by molar-refractivity contribution is 7.89. The second-order valence-electron chi connectivity index (χ2n) is 11.6. The van der Waals surface area contributed by atoms with Crippen molar-refractivity contribution in [1.82, 2.24) is 14.5 Å². The molecule has 1 saturated heterocycles. The summed E-state index contributed by atoms with van der Waals surface area (Å²) in [5.41, 5.74) is 3.12. The van der Waals surface area contributed by atoms with Crippen LogP contribution in [0.25, 0.3) is 0 Å². The van der Waals surface area contributed by atoms with E-state index in [1.165, 1.54) is 37.4 Å². The molecule has 1 aliphatic heterocycles. The molecule has 5 rings (SSSR count). The number of carbonyl (C=O) groups is 1. The highest BCUT2D eigenvalue weighted by Gasteiger charge is 2.35. The van der Waals surface area contributed by atoms with Crippen LogP contribution < -0.4 is 5.32 Å². The van der Waals surface area contributed by atoms with Crippen molar-refractivity contribution in [3.63, 3.8) is 0 Å². The first kappa shape index (κ1) is 31.2. The maximum Gasteiger partial charge on any atom is 0.416 e. The zero-order valence-corrected chi connectivity index (χ0v) is 25.1. The molecule has 6 nitrogen and oxygen atoms in total. The van der Waals surface area contributed by atoms with E-state index in [9.17, 15) is 26.4 Å². The minimum Gasteiger partial charge on any atom is -0.349 e. The van der Waals surface area contributed by atoms with Gasteiger partial charge in [0.1, 0.15) is 0 Å². The lowest BCUT2D eigenvalue weighted by Gasteiger charge is -2.31. The lowest BCUT2D eigenvalue weighted by Crippen LogP contribution is -2.37. The van der Waals surface area contributed by atoms with Crippen LogP contribution in [0.2, 0.25) is 0 Å². The van der Waals surface area contributed by atoms with Gasteiger partial charge in [0, 0.05) is 20.0 Å². The Hall–Kier alpha value is -3.21. The Morgan fingerprint density at radius 1 is 0.977 bits per heavy atom. The quantitative estimate of drug-likeness (QED) is 0.294. The first-order valence-electron chi connectivity index (χ1n) is 14.9. The number of nitrogens with zero attached hydrogens (tertiary/aromatic N) is 2. The number of halogens is 3. The van der Waals surface area contributed by atoms with Gasteiger partial charge in [0.2, 0.25) is 15.9 Å². The lowest BCUT2D eigenvalue weighted by molar-refractivity contribution is -0.137. The molecule has 0 spiro atoms. The molecule has 0 bridgehead atoms. The fourth-order valence-corrected chi connectivity index (χ4v) is 7.61. The molecule has 43 heavy (non-hydrogen) atoms. The topological polar surface area (TPSA) is 69.7 Å². The predicted octanol–water partition coefficient (Wildman–Crippen LogP) is 6.64. The number of fused-ring (bicyclic) bond motifs is 1. The third-order valence-electron chi connectivity index (χ3n) is 8.55. The summed E-state index contributed by atoms with van der Waals surface area (Å²) in [5, 5.41) is 3.13. The maximum absolute atomic E-state index is 13.6. The molecule has 0 saturated carbocycles. The van der Waals surface area contributed by atoms with E-state index in [0.717, 1.165) is 67.0 Å². The largest absolute Gasteiger partial charge is 0.416 e. The van der Waals surface area contributed by atoms with Gasteiger partial charge in [-0.15, -0.1) is 0 Å². The van der Waals surface area contributed by atoms with E-state index < -0.39 is 32.7 Å². The third kappa shape index (κ3) is 7.48. The number of hydrogen-bond acceptors (Lipinski definition) is 4. The second kappa shape index (κ2) is 13.2. The zero-order chi connectivity index (χ0) is 30.6. The Labute approximate surface area is 251 Å². The minimum atomic E-state index is -4.69. The van der Waals surface area contributed by atoms with Gasteiger partial charge in [0.05, 0.1) is 22.5 Å². The summed E-state index contributed by atoms with van der Waals surface area (Å²) in [6, 6.07) is 17.8. The Balaban J connectivity index is 1.34. The number of nitrogens with one attached hydrogen (secondary N) is 1. The Kier molecular flexibility index (Phi) is 9.58. The average molecular weight is 614 g/mol. The van der Waals surface area contributed by atoms with E-state index in [1.807, 2.05) is 0 Å². The molecule has 0 aromatic heterocycles. The Morgan fingerprint density at radius 2 is 1.72 bits per heavy atom. The van der Waals surface area contributed by atoms with Crippen molar-refractivity contribution in [2.45, 2.75) is 74.6 Å². The van der Waals surface area contributed by atoms with Gasteiger partial charge in [-0.25, -0.2) is 8.42 Å². The van der Waals surface area contributed by atoms with Crippen LogP contribution in [0.3, 0.4) is 0 Å². The zero-order valence-electron chi connectivity index (χ0n) is 24.3. The van der Waals surface area contributed by atoms with Crippen molar-refractivity contribution in [3.8, 4) is 0 Å². The number of likely N-dealkylation sites (tertiary alicyclic amines) is 1. The molecule has 1 N–H and O–H groups in total. The molecule has 1 fully saturated rings. The molecule has 2 atom stereocenters. The minimum absolute atomic E-state index is 0.183. The highest BCUT2D eigenvalue weighted by Crippen LogP contribution is 2.35. The number of sulfonamides is 1. The van der Waals surface area contributed by atoms with Gasteiger partial charge in [-0.1, -0.05) is 61.0 Å². The molecule has 1 amide bonds. The van der Waals surface area contributed by atoms with Gasteiger partial charge < -0.3 is 5.32 Å². The van der Waals surface area contributed by atoms with Crippen LogP contribution in [-0.4, -0.2) is 43.7 Å². The molecule has 230 valence electrons. The predicted molar refractivity (Wildman–Crippen MR) is 160 cm³/mol. The van der Waals surface area contributed by atoms with Crippen LogP contribution in [-0.2, 0) is 34.0 Å². The normalized spacial score (nSPS) is 18.7. The van der Waals surface area contributed by atoms with Gasteiger partial charge in [0.15, 0.2) is 0 Å². The molecular formula is C33H38F3N3O3S. The summed E-state index contributed by atoms with van der Waals surface area (Å²) in [5.74, 6) is -0.324. The van der Waals surface area contributed by atoms with Gasteiger partial charge in [0.25, 0.3) is 0 Å². The van der Waals surface area contributed by atoms with Gasteiger partial charge in [-0.3, -0.25) is 9.69 Å². The molecule has 1 heterocycles. The van der Waals surface area contributed by atoms with E-state index in [-0.39, 0.29) is 18.4 Å². The number of benzene rings is 3. The van der Waals surface area contributed by atoms with E-state index in [0.29, 0.717) is 11.6 Å². The number of piperidine rings is 1. The molecule has 2 aliphatic rings. The molecular weight excluding hydrogens is 575 g/mol. The summed E-state index contributed by atoms with van der Waals surface area (Å²) in [4.78, 5) is 15.5. The van der Waals surface area contributed by atoms with Crippen molar-refractivity contribution in [2.75, 3.05) is 20.1 Å². The molecule has 2 unspecified atom stereocenters. The van der Waals surface area contributed by atoms with Crippen LogP contribution in [0.1, 0.15) is 78.4 Å². The number of amides is 1. The Bertz CT molecular complexity index is 1520. The van der Waals surface area contributed by atoms with Crippen LogP contribution in [0.15, 0.2) is 77.7 Å². The molecule has 3 aromatic carbocycles. The summed E-state index contributed by atoms with van der Waals surface area (Å²) >= 11 is 0. The van der Waals surface area contributed by atoms with E-state index in [4.69, 9.17) is 0 Å². The van der Waals surface area contributed by atoms with Crippen molar-refractivity contribution in [2.24, 2.45) is 0 Å². The maximum atomic E-state index is 13.6. The fourth-order valence-electron chi connectivity index (χ4n) is 6.22. The SMILES string of the molecule is CN(C(CC(=O)NC1CCCc2cc(CN3CCCCC3)ccc21)c1ccccc1)S(=O)(=O)c1cccc(C(F)(F)F)c1. The van der Waals surface area contributed by atoms with E-state index >= 15 is 0 Å². The van der Waals surface area contributed by atoms with Crippen molar-refractivity contribution in [1.29, 1.82) is 0 Å². The molecule has 0 radical (unpaired) electrons. The van der Waals surface area contributed by atoms with Crippen LogP contribution in [0.4, 0.5) is 13.2 Å².